The van der Waals surface area contributed by atoms with Crippen molar-refractivity contribution in [2.45, 2.75) is 231 Å². The molecule has 0 bridgehead atoms. The Kier molecular flexibility index (Phi) is 30.8. The molecule has 1 aliphatic rings. The van der Waals surface area contributed by atoms with Crippen molar-refractivity contribution in [2.24, 2.45) is 0 Å². The Bertz CT molecular complexity index is 1120. The summed E-state index contributed by atoms with van der Waals surface area (Å²) in [5.41, 5.74) is -1.16. The molecule has 0 aliphatic carbocycles. The minimum atomic E-state index is -4.40. The standard InChI is InChI=1S/C46H90N2O10P/c1-8-10-12-14-15-16-17-18-19-20-23-26-29-33-43(49)54-39-42(40-57-59(52,53)56-38-37-48(5,6)7)58-44(50)34-30-27-24-21-22-25-28-32-36-46(35-31-13-11-9-2)47(51)45(3,4)41-55-46/h42H,8-41H2,1-7H3/p+1/t42-,46?/m1/s1. The molecular weight excluding hydrogens is 771 g/mol. The van der Waals surface area contributed by atoms with Crippen LogP contribution in [0.1, 0.15) is 214 Å². The van der Waals surface area contributed by atoms with Crippen LogP contribution in [0.25, 0.3) is 0 Å². The van der Waals surface area contributed by atoms with Gasteiger partial charge in [0.2, 0.25) is 0 Å². The van der Waals surface area contributed by atoms with Crippen LogP contribution in [0.5, 0.6) is 0 Å². The largest absolute Gasteiger partial charge is 0.472 e. The number of quaternary nitrogens is 1. The molecule has 349 valence electrons. The summed E-state index contributed by atoms with van der Waals surface area (Å²) in [5, 5.41) is 14.4. The first-order valence-corrected chi connectivity index (χ1v) is 25.4. The second kappa shape index (κ2) is 32.5. The second-order valence-electron chi connectivity index (χ2n) is 18.9. The maximum absolute atomic E-state index is 13.2. The van der Waals surface area contributed by atoms with Gasteiger partial charge in [-0.3, -0.25) is 18.6 Å². The van der Waals surface area contributed by atoms with Gasteiger partial charge in [-0.05, 0) is 52.4 Å². The molecule has 1 N–H and O–H groups in total. The number of phosphoric acid groups is 1. The minimum absolute atomic E-state index is 0.0172. The first kappa shape index (κ1) is 55.9. The van der Waals surface area contributed by atoms with Gasteiger partial charge < -0.3 is 23.6 Å². The van der Waals surface area contributed by atoms with Crippen LogP contribution in [0.3, 0.4) is 0 Å². The Labute approximate surface area is 361 Å². The van der Waals surface area contributed by atoms with Crippen molar-refractivity contribution in [3.05, 3.63) is 0 Å². The summed E-state index contributed by atoms with van der Waals surface area (Å²) < 4.78 is 40.6. The highest BCUT2D eigenvalue weighted by atomic mass is 31.2. The zero-order valence-corrected chi connectivity index (χ0v) is 40.0. The number of hydrogen-bond acceptors (Lipinski definition) is 9. The van der Waals surface area contributed by atoms with Crippen molar-refractivity contribution in [3.8, 4) is 0 Å². The molecule has 1 fully saturated rings. The summed E-state index contributed by atoms with van der Waals surface area (Å²) in [7, 11) is 1.43. The molecule has 1 radical (unpaired) electrons. The van der Waals surface area contributed by atoms with E-state index in [4.69, 9.17) is 23.3 Å². The summed E-state index contributed by atoms with van der Waals surface area (Å²) in [6, 6.07) is 0. The Morgan fingerprint density at radius 3 is 1.53 bits per heavy atom. The van der Waals surface area contributed by atoms with Gasteiger partial charge in [-0.1, -0.05) is 149 Å². The molecule has 0 saturated carbocycles. The molecule has 12 nitrogen and oxygen atoms in total. The smallest absolute Gasteiger partial charge is 0.462 e. The van der Waals surface area contributed by atoms with E-state index in [1.165, 1.54) is 82.1 Å². The van der Waals surface area contributed by atoms with E-state index in [1.54, 1.807) is 0 Å². The Balaban J connectivity index is 2.38. The van der Waals surface area contributed by atoms with E-state index in [9.17, 15) is 24.3 Å². The third-order valence-corrected chi connectivity index (χ3v) is 12.4. The number of carbonyl (C=O) groups is 2. The van der Waals surface area contributed by atoms with Crippen LogP contribution >= 0.6 is 7.82 Å². The fourth-order valence-corrected chi connectivity index (χ4v) is 8.30. The van der Waals surface area contributed by atoms with Gasteiger partial charge in [-0.2, -0.15) is 0 Å². The van der Waals surface area contributed by atoms with Crippen LogP contribution in [0, 0.1) is 0 Å². The lowest BCUT2D eigenvalue weighted by molar-refractivity contribution is -0.870. The SMILES string of the molecule is CCCCCCCCCCCCCCCC(=O)OC[C@H](COP(=O)(O)OCC[N+](C)(C)C)OC(=O)CCCCCCCCCCC1(CCCCCC)OCC(C)(C)N1[O]. The molecule has 1 rings (SSSR count). The lowest BCUT2D eigenvalue weighted by atomic mass is 9.95. The molecule has 0 spiro atoms. The van der Waals surface area contributed by atoms with Gasteiger partial charge in [0.1, 0.15) is 25.5 Å². The van der Waals surface area contributed by atoms with Crippen molar-refractivity contribution in [1.82, 2.24) is 5.06 Å². The van der Waals surface area contributed by atoms with Crippen LogP contribution in [-0.2, 0) is 42.6 Å². The summed E-state index contributed by atoms with van der Waals surface area (Å²) in [6.45, 7) is 8.71. The van der Waals surface area contributed by atoms with Gasteiger partial charge in [-0.25, -0.2) is 4.57 Å². The second-order valence-corrected chi connectivity index (χ2v) is 20.3. The Hall–Kier alpha value is -1.11. The van der Waals surface area contributed by atoms with Gasteiger partial charge in [0, 0.05) is 12.8 Å². The van der Waals surface area contributed by atoms with E-state index < -0.39 is 37.8 Å². The highest BCUT2D eigenvalue weighted by Crippen LogP contribution is 2.43. The van der Waals surface area contributed by atoms with Gasteiger partial charge in [0.25, 0.3) is 0 Å². The monoisotopic (exact) mass is 863 g/mol. The number of hydrogen-bond donors (Lipinski definition) is 1. The number of nitrogens with zero attached hydrogens (tertiary/aromatic N) is 2. The molecular formula is C46H91N2O10P+. The first-order valence-electron chi connectivity index (χ1n) is 23.9. The highest BCUT2D eigenvalue weighted by molar-refractivity contribution is 7.47. The van der Waals surface area contributed by atoms with Crippen molar-refractivity contribution < 1.29 is 52.0 Å². The van der Waals surface area contributed by atoms with E-state index in [0.29, 0.717) is 24.1 Å². The number of phosphoric ester groups is 1. The summed E-state index contributed by atoms with van der Waals surface area (Å²) >= 11 is 0. The molecule has 0 amide bonds. The van der Waals surface area contributed by atoms with E-state index in [1.807, 2.05) is 35.0 Å². The number of esters is 2. The molecule has 0 aromatic carbocycles. The Morgan fingerprint density at radius 1 is 0.661 bits per heavy atom. The average molecular weight is 863 g/mol. The molecule has 2 unspecified atom stereocenters. The molecule has 0 aromatic heterocycles. The molecule has 1 saturated heterocycles. The topological polar surface area (TPSA) is 141 Å². The number of hydroxylamine groups is 2. The average Bonchev–Trinajstić information content (AvgIpc) is 3.40. The lowest BCUT2D eigenvalue weighted by Gasteiger charge is -2.35. The zero-order chi connectivity index (χ0) is 43.9. The minimum Gasteiger partial charge on any atom is -0.462 e. The predicted molar refractivity (Wildman–Crippen MR) is 236 cm³/mol. The normalized spacial score (nSPS) is 18.5. The Morgan fingerprint density at radius 2 is 1.08 bits per heavy atom. The number of ether oxygens (including phenoxy) is 3. The fourth-order valence-electron chi connectivity index (χ4n) is 7.56. The molecule has 0 aromatic rings. The van der Waals surface area contributed by atoms with Crippen LogP contribution in [0.4, 0.5) is 0 Å². The van der Waals surface area contributed by atoms with Gasteiger partial charge in [0.05, 0.1) is 39.9 Å². The van der Waals surface area contributed by atoms with Crippen molar-refractivity contribution >= 4 is 19.8 Å². The molecule has 1 heterocycles. The van der Waals surface area contributed by atoms with Crippen molar-refractivity contribution in [1.29, 1.82) is 0 Å². The van der Waals surface area contributed by atoms with E-state index in [0.717, 1.165) is 89.9 Å². The highest BCUT2D eigenvalue weighted by Gasteiger charge is 2.51. The number of rotatable bonds is 40. The molecule has 1 aliphatic heterocycles. The molecule has 13 heteroatoms. The van der Waals surface area contributed by atoms with E-state index in [2.05, 4.69) is 13.8 Å². The quantitative estimate of drug-likeness (QED) is 0.0274. The fraction of sp³-hybridized carbons (Fsp3) is 0.957. The van der Waals surface area contributed by atoms with Crippen LogP contribution in [-0.4, -0.2) is 97.9 Å². The molecule has 3 atom stereocenters. The van der Waals surface area contributed by atoms with Gasteiger partial charge in [-0.15, -0.1) is 10.3 Å². The maximum atomic E-state index is 13.2. The first-order chi connectivity index (χ1) is 28.1. The van der Waals surface area contributed by atoms with Crippen molar-refractivity contribution in [2.75, 3.05) is 54.1 Å². The van der Waals surface area contributed by atoms with Gasteiger partial charge >= 0.3 is 19.8 Å². The number of likely N-dealkylation sites (N-methyl/N-ethyl adjacent to an activating group) is 1. The summed E-state index contributed by atoms with van der Waals surface area (Å²) in [6.07, 6.45) is 29.2. The third-order valence-electron chi connectivity index (χ3n) is 11.4. The van der Waals surface area contributed by atoms with E-state index in [-0.39, 0.29) is 32.0 Å². The lowest BCUT2D eigenvalue weighted by Crippen LogP contribution is -2.49. The predicted octanol–water partition coefficient (Wildman–Crippen LogP) is 11.8. The van der Waals surface area contributed by atoms with Gasteiger partial charge in [0.15, 0.2) is 6.10 Å². The molecule has 59 heavy (non-hydrogen) atoms. The number of carbonyl (C=O) groups excluding carboxylic acids is 2. The summed E-state index contributed by atoms with van der Waals surface area (Å²) in [4.78, 5) is 35.6. The zero-order valence-electron chi connectivity index (χ0n) is 39.1. The van der Waals surface area contributed by atoms with E-state index >= 15 is 0 Å². The van der Waals surface area contributed by atoms with Crippen LogP contribution < -0.4 is 0 Å². The number of unbranched alkanes of at least 4 members (excludes halogenated alkanes) is 22. The van der Waals surface area contributed by atoms with Crippen LogP contribution in [0.2, 0.25) is 0 Å². The van der Waals surface area contributed by atoms with Crippen LogP contribution in [0.15, 0.2) is 0 Å². The third kappa shape index (κ3) is 29.0. The van der Waals surface area contributed by atoms with Crippen molar-refractivity contribution in [3.63, 3.8) is 0 Å². The summed E-state index contributed by atoms with van der Waals surface area (Å²) in [5.74, 6) is -0.844. The maximum Gasteiger partial charge on any atom is 0.472 e.